The van der Waals surface area contributed by atoms with Crippen molar-refractivity contribution in [3.8, 4) is 0 Å². The van der Waals surface area contributed by atoms with Gasteiger partial charge < -0.3 is 23.7 Å². The second-order valence-corrected chi connectivity index (χ2v) is 6.21. The summed E-state index contributed by atoms with van der Waals surface area (Å²) in [5.74, 6) is -1.55. The quantitative estimate of drug-likeness (QED) is 0.180. The Kier molecular flexibility index (Phi) is 12.1. The van der Waals surface area contributed by atoms with Gasteiger partial charge in [0.05, 0.1) is 52.9 Å². The highest BCUT2D eigenvalue weighted by Crippen LogP contribution is 2.01. The molecule has 162 valence electrons. The van der Waals surface area contributed by atoms with Gasteiger partial charge in [-0.2, -0.15) is 0 Å². The van der Waals surface area contributed by atoms with Crippen molar-refractivity contribution in [1.82, 2.24) is 0 Å². The van der Waals surface area contributed by atoms with Crippen LogP contribution >= 0.6 is 0 Å². The molecule has 7 nitrogen and oxygen atoms in total. The number of carbonyl (C=O) groups is 2. The maximum absolute atomic E-state index is 11.8. The molecule has 0 atom stereocenters. The van der Waals surface area contributed by atoms with E-state index in [0.717, 1.165) is 5.56 Å². The second-order valence-electron chi connectivity index (χ2n) is 6.21. The van der Waals surface area contributed by atoms with Crippen LogP contribution in [0.15, 0.2) is 60.7 Å². The summed E-state index contributed by atoms with van der Waals surface area (Å²) in [5.41, 5.74) is 1.44. The highest BCUT2D eigenvalue weighted by atomic mass is 16.6. The van der Waals surface area contributed by atoms with Gasteiger partial charge in [-0.15, -0.1) is 0 Å². The van der Waals surface area contributed by atoms with Crippen molar-refractivity contribution in [2.24, 2.45) is 0 Å². The number of rotatable bonds is 16. The number of benzene rings is 2. The molecule has 0 bridgehead atoms. The third-order valence-corrected chi connectivity index (χ3v) is 3.91. The summed E-state index contributed by atoms with van der Waals surface area (Å²) in [6.45, 7) is 3.55. The maximum atomic E-state index is 11.8. The van der Waals surface area contributed by atoms with E-state index in [1.165, 1.54) is 0 Å². The normalized spacial score (nSPS) is 10.7. The zero-order chi connectivity index (χ0) is 21.3. The minimum atomic E-state index is -0.883. The first-order valence-electron chi connectivity index (χ1n) is 9.89. The van der Waals surface area contributed by atoms with Crippen LogP contribution in [0.25, 0.3) is 0 Å². The summed E-state index contributed by atoms with van der Waals surface area (Å²) in [5, 5.41) is 0. The van der Waals surface area contributed by atoms with Gasteiger partial charge in [0.25, 0.3) is 5.78 Å². The molecule has 30 heavy (non-hydrogen) atoms. The molecule has 2 rings (SSSR count). The van der Waals surface area contributed by atoms with Gasteiger partial charge >= 0.3 is 5.97 Å². The zero-order valence-corrected chi connectivity index (χ0v) is 17.0. The number of esters is 1. The Bertz CT molecular complexity index is 719. The van der Waals surface area contributed by atoms with E-state index >= 15 is 0 Å². The number of ketones is 1. The van der Waals surface area contributed by atoms with E-state index in [2.05, 4.69) is 0 Å². The van der Waals surface area contributed by atoms with Crippen LogP contribution in [-0.2, 0) is 35.1 Å². The Morgan fingerprint density at radius 3 is 1.60 bits per heavy atom. The molecular weight excluding hydrogens is 388 g/mol. The molecule has 7 heteroatoms. The van der Waals surface area contributed by atoms with Crippen molar-refractivity contribution in [1.29, 1.82) is 0 Å². The lowest BCUT2D eigenvalue weighted by Gasteiger charge is -2.08. The topological polar surface area (TPSA) is 80.3 Å². The Morgan fingerprint density at radius 2 is 1.03 bits per heavy atom. The first-order chi connectivity index (χ1) is 14.8. The average molecular weight is 416 g/mol. The van der Waals surface area contributed by atoms with Gasteiger partial charge in [-0.05, 0) is 5.56 Å². The van der Waals surface area contributed by atoms with Gasteiger partial charge in [0.15, 0.2) is 0 Å². The zero-order valence-electron chi connectivity index (χ0n) is 17.0. The highest BCUT2D eigenvalue weighted by molar-refractivity contribution is 6.40. The minimum Gasteiger partial charge on any atom is -0.457 e. The maximum Gasteiger partial charge on any atom is 0.379 e. The van der Waals surface area contributed by atoms with E-state index in [9.17, 15) is 9.59 Å². The first kappa shape index (κ1) is 23.7. The standard InChI is InChI=1S/C23H28O7/c24-22(21-9-5-2-6-10-21)23(25)30-18-17-28-14-13-26-11-12-27-15-16-29-19-20-7-3-1-4-8-20/h1-10H,11-19H2. The number of carbonyl (C=O) groups excluding carboxylic acids is 2. The summed E-state index contributed by atoms with van der Waals surface area (Å²) in [6, 6.07) is 18.3. The first-order valence-corrected chi connectivity index (χ1v) is 9.89. The summed E-state index contributed by atoms with van der Waals surface area (Å²) in [4.78, 5) is 23.4. The summed E-state index contributed by atoms with van der Waals surface area (Å²) in [6.07, 6.45) is 0. The van der Waals surface area contributed by atoms with Crippen molar-refractivity contribution in [2.45, 2.75) is 6.61 Å². The van der Waals surface area contributed by atoms with Crippen LogP contribution in [0, 0.1) is 0 Å². The monoisotopic (exact) mass is 416 g/mol. The number of Topliss-reactive ketones (excluding diaryl/α,β-unsaturated/α-hetero) is 1. The van der Waals surface area contributed by atoms with Crippen molar-refractivity contribution in [3.05, 3.63) is 71.8 Å². The van der Waals surface area contributed by atoms with E-state index in [1.54, 1.807) is 30.3 Å². The lowest BCUT2D eigenvalue weighted by molar-refractivity contribution is -0.139. The molecule has 0 heterocycles. The molecule has 0 spiro atoms. The molecule has 0 radical (unpaired) electrons. The molecule has 0 fully saturated rings. The molecule has 0 amide bonds. The second kappa shape index (κ2) is 15.3. The van der Waals surface area contributed by atoms with Crippen molar-refractivity contribution >= 4 is 11.8 Å². The summed E-state index contributed by atoms with van der Waals surface area (Å²) >= 11 is 0. The molecule has 0 aliphatic heterocycles. The Morgan fingerprint density at radius 1 is 0.567 bits per heavy atom. The summed E-state index contributed by atoms with van der Waals surface area (Å²) < 4.78 is 26.5. The lowest BCUT2D eigenvalue weighted by atomic mass is 10.1. The summed E-state index contributed by atoms with van der Waals surface area (Å²) in [7, 11) is 0. The Balaban J connectivity index is 1.33. The van der Waals surface area contributed by atoms with Crippen LogP contribution in [0.1, 0.15) is 15.9 Å². The number of hydrogen-bond acceptors (Lipinski definition) is 7. The molecule has 0 aromatic heterocycles. The molecule has 0 saturated carbocycles. The fraction of sp³-hybridized carbons (Fsp3) is 0.391. The molecular formula is C23H28O7. The van der Waals surface area contributed by atoms with Gasteiger partial charge in [-0.25, -0.2) is 4.79 Å². The van der Waals surface area contributed by atoms with Crippen LogP contribution in [0.5, 0.6) is 0 Å². The van der Waals surface area contributed by atoms with Crippen molar-refractivity contribution in [3.63, 3.8) is 0 Å². The van der Waals surface area contributed by atoms with E-state index in [-0.39, 0.29) is 13.2 Å². The third kappa shape index (κ3) is 10.3. The Hall–Kier alpha value is -2.58. The van der Waals surface area contributed by atoms with E-state index in [1.807, 2.05) is 30.3 Å². The van der Waals surface area contributed by atoms with Gasteiger partial charge in [0.1, 0.15) is 6.61 Å². The van der Waals surface area contributed by atoms with E-state index in [4.69, 9.17) is 23.7 Å². The Labute approximate surface area is 176 Å². The van der Waals surface area contributed by atoms with Gasteiger partial charge in [-0.3, -0.25) is 4.79 Å². The van der Waals surface area contributed by atoms with Gasteiger partial charge in [0, 0.05) is 5.56 Å². The van der Waals surface area contributed by atoms with Crippen molar-refractivity contribution in [2.75, 3.05) is 52.9 Å². The fourth-order valence-corrected chi connectivity index (χ4v) is 2.39. The predicted octanol–water partition coefficient (Wildman–Crippen LogP) is 2.68. The number of ether oxygens (including phenoxy) is 5. The van der Waals surface area contributed by atoms with E-state index in [0.29, 0.717) is 51.8 Å². The van der Waals surface area contributed by atoms with E-state index < -0.39 is 11.8 Å². The lowest BCUT2D eigenvalue weighted by Crippen LogP contribution is -2.20. The van der Waals surface area contributed by atoms with Crippen LogP contribution < -0.4 is 0 Å². The van der Waals surface area contributed by atoms with Crippen LogP contribution in [0.2, 0.25) is 0 Å². The fourth-order valence-electron chi connectivity index (χ4n) is 2.39. The molecule has 0 unspecified atom stereocenters. The average Bonchev–Trinajstić information content (AvgIpc) is 2.80. The molecule has 0 N–H and O–H groups in total. The third-order valence-electron chi connectivity index (χ3n) is 3.91. The SMILES string of the molecule is O=C(OCCOCCOCCOCCOCc1ccccc1)C(=O)c1ccccc1. The van der Waals surface area contributed by atoms with Gasteiger partial charge in [-0.1, -0.05) is 60.7 Å². The largest absolute Gasteiger partial charge is 0.457 e. The molecule has 2 aromatic carbocycles. The highest BCUT2D eigenvalue weighted by Gasteiger charge is 2.16. The molecule has 2 aromatic rings. The van der Waals surface area contributed by atoms with Crippen LogP contribution in [-0.4, -0.2) is 64.6 Å². The molecule has 0 aliphatic carbocycles. The molecule has 0 aliphatic rings. The van der Waals surface area contributed by atoms with Crippen LogP contribution in [0.4, 0.5) is 0 Å². The molecule has 0 saturated heterocycles. The van der Waals surface area contributed by atoms with Crippen molar-refractivity contribution < 1.29 is 33.3 Å². The number of hydrogen-bond donors (Lipinski definition) is 0. The predicted molar refractivity (Wildman–Crippen MR) is 110 cm³/mol. The van der Waals surface area contributed by atoms with Gasteiger partial charge in [0.2, 0.25) is 0 Å². The smallest absolute Gasteiger partial charge is 0.379 e. The minimum absolute atomic E-state index is 0.0174. The van der Waals surface area contributed by atoms with Crippen LogP contribution in [0.3, 0.4) is 0 Å².